The second kappa shape index (κ2) is 3.28. The van der Waals surface area contributed by atoms with E-state index in [1.807, 2.05) is 59.7 Å². The van der Waals surface area contributed by atoms with Crippen molar-refractivity contribution in [2.45, 2.75) is 0 Å². The van der Waals surface area contributed by atoms with Crippen LogP contribution in [0.3, 0.4) is 0 Å². The van der Waals surface area contributed by atoms with E-state index in [9.17, 15) is 0 Å². The van der Waals surface area contributed by atoms with Gasteiger partial charge in [-0.2, -0.15) is 5.10 Å². The predicted octanol–water partition coefficient (Wildman–Crippen LogP) is 2.20. The van der Waals surface area contributed by atoms with E-state index in [2.05, 4.69) is 11.8 Å². The Bertz CT molecular complexity index is 445. The lowest BCUT2D eigenvalue weighted by atomic mass is 10.3. The van der Waals surface area contributed by atoms with Gasteiger partial charge in [-0.25, -0.2) is 5.01 Å². The predicted molar refractivity (Wildman–Crippen MR) is 59.7 cm³/mol. The summed E-state index contributed by atoms with van der Waals surface area (Å²) in [5.41, 5.74) is 1.02. The minimum atomic E-state index is 0.890. The fraction of sp³-hybridized carbons (Fsp3) is 0. The highest BCUT2D eigenvalue weighted by atomic mass is 15.6. The molecule has 0 N–H and O–H groups in total. The van der Waals surface area contributed by atoms with Gasteiger partial charge in [0, 0.05) is 6.20 Å². The van der Waals surface area contributed by atoms with Crippen LogP contribution in [0.4, 0.5) is 5.69 Å². The van der Waals surface area contributed by atoms with Crippen molar-refractivity contribution in [3.63, 3.8) is 0 Å². The molecule has 0 aromatic heterocycles. The number of amidine groups is 1. The summed E-state index contributed by atoms with van der Waals surface area (Å²) in [6.45, 7) is 3.13. The number of allylic oxidation sites excluding steroid dienone is 2. The Kier molecular flexibility index (Phi) is 1.81. The molecule has 0 bridgehead atoms. The zero-order valence-electron chi connectivity index (χ0n) is 8.04. The van der Waals surface area contributed by atoms with E-state index in [0.29, 0.717) is 0 Å². The zero-order valence-corrected chi connectivity index (χ0v) is 8.04. The maximum Gasteiger partial charge on any atom is 0.237 e. The van der Waals surface area contributed by atoms with Gasteiger partial charge in [0.15, 0.2) is 5.84 Å². The molecule has 0 saturated carbocycles. The molecule has 0 unspecified atom stereocenters. The number of hydrazone groups is 1. The van der Waals surface area contributed by atoms with E-state index in [-0.39, 0.29) is 0 Å². The molecule has 0 aliphatic carbocycles. The highest BCUT2D eigenvalue weighted by Crippen LogP contribution is 2.23. The Morgan fingerprint density at radius 2 is 1.93 bits per heavy atom. The first-order chi connectivity index (χ1) is 7.43. The van der Waals surface area contributed by atoms with Crippen LogP contribution in [0.5, 0.6) is 0 Å². The maximum absolute atomic E-state index is 4.41. The summed E-state index contributed by atoms with van der Waals surface area (Å²) < 4.78 is 0. The highest BCUT2D eigenvalue weighted by molar-refractivity contribution is 5.98. The van der Waals surface area contributed by atoms with Crippen LogP contribution in [0, 0.1) is 6.67 Å². The number of nitrogens with zero attached hydrogens (tertiary/aromatic N) is 3. The molecule has 1 aromatic rings. The quantitative estimate of drug-likeness (QED) is 0.684. The summed E-state index contributed by atoms with van der Waals surface area (Å²) in [5, 5.41) is 6.15. The van der Waals surface area contributed by atoms with Gasteiger partial charge in [0.25, 0.3) is 0 Å². The van der Waals surface area contributed by atoms with Crippen LogP contribution in [-0.2, 0) is 0 Å². The molecular formula is C12H9N3. The van der Waals surface area contributed by atoms with Gasteiger partial charge in [-0.3, -0.25) is 4.90 Å². The topological polar surface area (TPSA) is 18.8 Å². The maximum atomic E-state index is 4.41. The summed E-state index contributed by atoms with van der Waals surface area (Å²) in [7, 11) is 0. The van der Waals surface area contributed by atoms with Gasteiger partial charge < -0.3 is 0 Å². The number of fused-ring (bicyclic) bond motifs is 1. The third kappa shape index (κ3) is 1.42. The normalized spacial score (nSPS) is 18.0. The molecule has 0 spiro atoms. The van der Waals surface area contributed by atoms with E-state index in [0.717, 1.165) is 11.5 Å². The van der Waals surface area contributed by atoms with E-state index in [1.54, 1.807) is 5.01 Å². The summed E-state index contributed by atoms with van der Waals surface area (Å²) >= 11 is 0. The van der Waals surface area contributed by atoms with Gasteiger partial charge >= 0.3 is 0 Å². The minimum absolute atomic E-state index is 0.890. The molecule has 3 heteroatoms. The van der Waals surface area contributed by atoms with Crippen molar-refractivity contribution < 1.29 is 0 Å². The van der Waals surface area contributed by atoms with Crippen molar-refractivity contribution >= 4 is 11.5 Å². The molecule has 0 fully saturated rings. The lowest BCUT2D eigenvalue weighted by molar-refractivity contribution is 0.687. The smallest absolute Gasteiger partial charge is 0.237 e. The molecule has 2 aliphatic heterocycles. The summed E-state index contributed by atoms with van der Waals surface area (Å²) in [4.78, 5) is 1.87. The lowest BCUT2D eigenvalue weighted by Crippen LogP contribution is -2.20. The van der Waals surface area contributed by atoms with Crippen molar-refractivity contribution in [2.75, 3.05) is 5.01 Å². The van der Waals surface area contributed by atoms with Gasteiger partial charge in [0.05, 0.1) is 5.69 Å². The molecule has 0 amide bonds. The van der Waals surface area contributed by atoms with Gasteiger partial charge in [-0.05, 0) is 24.3 Å². The van der Waals surface area contributed by atoms with E-state index in [1.165, 1.54) is 0 Å². The highest BCUT2D eigenvalue weighted by Gasteiger charge is 2.23. The fourth-order valence-corrected chi connectivity index (χ4v) is 1.51. The fourth-order valence-electron chi connectivity index (χ4n) is 1.51. The van der Waals surface area contributed by atoms with Crippen LogP contribution >= 0.6 is 0 Å². The van der Waals surface area contributed by atoms with Crippen LogP contribution in [0.25, 0.3) is 0 Å². The molecule has 15 heavy (non-hydrogen) atoms. The average molecular weight is 195 g/mol. The van der Waals surface area contributed by atoms with Gasteiger partial charge in [0.1, 0.15) is 0 Å². The van der Waals surface area contributed by atoms with Crippen LogP contribution in [0.15, 0.2) is 59.9 Å². The zero-order chi connectivity index (χ0) is 10.1. The van der Waals surface area contributed by atoms with Crippen LogP contribution in [0.1, 0.15) is 0 Å². The van der Waals surface area contributed by atoms with Crippen LogP contribution < -0.4 is 5.01 Å². The summed E-state index contributed by atoms with van der Waals surface area (Å²) in [6, 6.07) is 9.96. The molecule has 0 atom stereocenters. The molecular weight excluding hydrogens is 186 g/mol. The Labute approximate surface area is 88.6 Å². The molecule has 3 nitrogen and oxygen atoms in total. The molecule has 2 aliphatic rings. The number of hydrogen-bond acceptors (Lipinski definition) is 3. The third-order valence-corrected chi connectivity index (χ3v) is 2.24. The third-order valence-electron chi connectivity index (χ3n) is 2.24. The summed E-state index contributed by atoms with van der Waals surface area (Å²) in [6.07, 6.45) is 7.81. The number of benzene rings is 1. The molecule has 2 heterocycles. The van der Waals surface area contributed by atoms with Crippen molar-refractivity contribution in [2.24, 2.45) is 5.10 Å². The van der Waals surface area contributed by atoms with Crippen molar-refractivity contribution in [1.82, 2.24) is 4.90 Å². The Balaban J connectivity index is 1.91. The first kappa shape index (κ1) is 8.29. The Morgan fingerprint density at radius 1 is 1.07 bits per heavy atom. The number of para-hydroxylation sites is 1. The monoisotopic (exact) mass is 195 g/mol. The van der Waals surface area contributed by atoms with Crippen LogP contribution in [-0.4, -0.2) is 10.7 Å². The molecule has 2 radical (unpaired) electrons. The van der Waals surface area contributed by atoms with E-state index in [4.69, 9.17) is 0 Å². The van der Waals surface area contributed by atoms with Crippen molar-refractivity contribution in [3.8, 4) is 0 Å². The second-order valence-electron chi connectivity index (χ2n) is 3.28. The van der Waals surface area contributed by atoms with E-state index >= 15 is 0 Å². The number of hydrogen-bond donors (Lipinski definition) is 0. The molecule has 72 valence electrons. The largest absolute Gasteiger partial charge is 0.298 e. The van der Waals surface area contributed by atoms with Crippen molar-refractivity contribution in [3.05, 3.63) is 61.4 Å². The summed E-state index contributed by atoms with van der Waals surface area (Å²) in [5.74, 6) is 0.890. The number of rotatable bonds is 1. The Morgan fingerprint density at radius 3 is 2.73 bits per heavy atom. The van der Waals surface area contributed by atoms with Crippen LogP contribution in [0.2, 0.25) is 0 Å². The first-order valence-electron chi connectivity index (χ1n) is 4.78. The molecule has 1 aromatic carbocycles. The standard InChI is InChI=1S/C12H9N3/c1-2-6-11(7-3-1)15-10-14-9-5-4-8-12(14)13-15/h1-9H. The van der Waals surface area contributed by atoms with Crippen molar-refractivity contribution in [1.29, 1.82) is 0 Å². The van der Waals surface area contributed by atoms with Gasteiger partial charge in [0.2, 0.25) is 6.67 Å². The van der Waals surface area contributed by atoms with E-state index < -0.39 is 0 Å². The number of anilines is 1. The van der Waals surface area contributed by atoms with Gasteiger partial charge in [-0.1, -0.05) is 24.3 Å². The SMILES string of the molecule is [C]1N2C=CC=CC2=NN1c1ccccc1. The van der Waals surface area contributed by atoms with Gasteiger partial charge in [-0.15, -0.1) is 0 Å². The minimum Gasteiger partial charge on any atom is -0.298 e. The average Bonchev–Trinajstić information content (AvgIpc) is 2.74. The molecule has 3 rings (SSSR count). The Hall–Kier alpha value is -2.03. The first-order valence-corrected chi connectivity index (χ1v) is 4.78. The molecule has 0 saturated heterocycles. The lowest BCUT2D eigenvalue weighted by Gasteiger charge is -2.14. The second-order valence-corrected chi connectivity index (χ2v) is 3.28.